The zero-order valence-electron chi connectivity index (χ0n) is 6.24. The van der Waals surface area contributed by atoms with E-state index in [1.807, 2.05) is 0 Å². The van der Waals surface area contributed by atoms with Crippen LogP contribution in [0.5, 0.6) is 5.75 Å². The van der Waals surface area contributed by atoms with E-state index < -0.39 is 16.9 Å². The molecule has 3 nitrogen and oxygen atoms in total. The molecular weight excluding hydrogens is 183 g/mol. The fraction of sp³-hybridized carbons (Fsp3) is 0.143. The molecule has 1 aromatic rings. The van der Waals surface area contributed by atoms with E-state index in [-0.39, 0.29) is 10.6 Å². The van der Waals surface area contributed by atoms with Crippen LogP contribution in [0.15, 0.2) is 23.1 Å². The van der Waals surface area contributed by atoms with E-state index in [0.29, 0.717) is 0 Å². The average Bonchev–Trinajstić information content (AvgIpc) is 2.04. The lowest BCUT2D eigenvalue weighted by Gasteiger charge is -2.08. The standard InChI is InChI=1S/C7H7FO3S/c1-11-5-3-2-4-6(7(5)8)12(9)10/h2-4H,1H3,(H,9,10)/p-1. The SMILES string of the molecule is COc1cccc(S(=O)[O-])c1F. The van der Waals surface area contributed by atoms with Crippen LogP contribution < -0.4 is 4.74 Å². The highest BCUT2D eigenvalue weighted by Crippen LogP contribution is 2.21. The number of benzene rings is 1. The Morgan fingerprint density at radius 3 is 2.75 bits per heavy atom. The van der Waals surface area contributed by atoms with E-state index in [1.54, 1.807) is 0 Å². The fourth-order valence-corrected chi connectivity index (χ4v) is 1.21. The van der Waals surface area contributed by atoms with Crippen molar-refractivity contribution in [2.24, 2.45) is 0 Å². The van der Waals surface area contributed by atoms with Crippen LogP contribution in [0.1, 0.15) is 0 Å². The van der Waals surface area contributed by atoms with Crippen LogP contribution in [0.4, 0.5) is 4.39 Å². The van der Waals surface area contributed by atoms with Crippen molar-refractivity contribution in [2.75, 3.05) is 7.11 Å². The molecule has 5 heteroatoms. The van der Waals surface area contributed by atoms with Gasteiger partial charge in [0, 0.05) is 0 Å². The van der Waals surface area contributed by atoms with Gasteiger partial charge in [-0.3, -0.25) is 4.21 Å². The van der Waals surface area contributed by atoms with E-state index in [9.17, 15) is 13.2 Å². The lowest BCUT2D eigenvalue weighted by atomic mass is 10.3. The number of halogens is 1. The quantitative estimate of drug-likeness (QED) is 0.654. The molecule has 0 aliphatic heterocycles. The van der Waals surface area contributed by atoms with Crippen LogP contribution in [-0.2, 0) is 11.1 Å². The van der Waals surface area contributed by atoms with E-state index in [2.05, 4.69) is 4.74 Å². The Labute approximate surface area is 71.5 Å². The molecule has 0 aliphatic carbocycles. The number of rotatable bonds is 2. The maximum absolute atomic E-state index is 13.0. The Bertz CT molecular complexity index is 314. The number of ether oxygens (including phenoxy) is 1. The van der Waals surface area contributed by atoms with Crippen LogP contribution >= 0.6 is 0 Å². The molecule has 0 amide bonds. The molecule has 0 bridgehead atoms. The third-order valence-electron chi connectivity index (χ3n) is 1.33. The molecule has 0 aliphatic rings. The van der Waals surface area contributed by atoms with Crippen LogP contribution in [0.3, 0.4) is 0 Å². The fourth-order valence-electron chi connectivity index (χ4n) is 0.777. The van der Waals surface area contributed by atoms with Crippen LogP contribution in [0, 0.1) is 5.82 Å². The predicted octanol–water partition coefficient (Wildman–Crippen LogP) is 1.07. The summed E-state index contributed by atoms with van der Waals surface area (Å²) in [7, 11) is 1.27. The maximum Gasteiger partial charge on any atom is 0.179 e. The van der Waals surface area contributed by atoms with Crippen molar-refractivity contribution in [3.8, 4) is 5.75 Å². The molecule has 0 heterocycles. The number of hydrogen-bond acceptors (Lipinski definition) is 3. The van der Waals surface area contributed by atoms with E-state index in [4.69, 9.17) is 0 Å². The van der Waals surface area contributed by atoms with Gasteiger partial charge >= 0.3 is 0 Å². The zero-order valence-corrected chi connectivity index (χ0v) is 7.06. The molecule has 0 aromatic heterocycles. The summed E-state index contributed by atoms with van der Waals surface area (Å²) in [6, 6.07) is 3.93. The second kappa shape index (κ2) is 3.64. The van der Waals surface area contributed by atoms with E-state index in [0.717, 1.165) is 0 Å². The van der Waals surface area contributed by atoms with Crippen molar-refractivity contribution in [1.82, 2.24) is 0 Å². The van der Waals surface area contributed by atoms with Gasteiger partial charge in [-0.05, 0) is 23.2 Å². The van der Waals surface area contributed by atoms with Crippen molar-refractivity contribution in [3.63, 3.8) is 0 Å². The highest BCUT2D eigenvalue weighted by molar-refractivity contribution is 7.79. The van der Waals surface area contributed by atoms with Crippen molar-refractivity contribution < 1.29 is 17.9 Å². The molecule has 0 fully saturated rings. The van der Waals surface area contributed by atoms with Gasteiger partial charge in [0.15, 0.2) is 11.6 Å². The summed E-state index contributed by atoms with van der Waals surface area (Å²) in [4.78, 5) is -0.380. The van der Waals surface area contributed by atoms with Crippen molar-refractivity contribution in [3.05, 3.63) is 24.0 Å². The number of methoxy groups -OCH3 is 1. The van der Waals surface area contributed by atoms with E-state index >= 15 is 0 Å². The van der Waals surface area contributed by atoms with Crippen molar-refractivity contribution >= 4 is 11.1 Å². The third kappa shape index (κ3) is 1.62. The summed E-state index contributed by atoms with van der Waals surface area (Å²) >= 11 is -2.56. The molecule has 1 atom stereocenters. The molecule has 0 saturated carbocycles. The minimum absolute atomic E-state index is 0.0725. The molecule has 1 rings (SSSR count). The van der Waals surface area contributed by atoms with Crippen molar-refractivity contribution in [1.29, 1.82) is 0 Å². The minimum Gasteiger partial charge on any atom is -0.768 e. The van der Waals surface area contributed by atoms with E-state index in [1.165, 1.54) is 25.3 Å². The maximum atomic E-state index is 13.0. The van der Waals surface area contributed by atoms with Gasteiger partial charge in [0.05, 0.1) is 12.0 Å². The molecule has 0 N–H and O–H groups in total. The molecule has 0 spiro atoms. The Morgan fingerprint density at radius 2 is 2.25 bits per heavy atom. The second-order valence-electron chi connectivity index (χ2n) is 2.01. The molecule has 1 unspecified atom stereocenters. The highest BCUT2D eigenvalue weighted by Gasteiger charge is 2.07. The van der Waals surface area contributed by atoms with Gasteiger partial charge in [0.1, 0.15) is 0 Å². The second-order valence-corrected chi connectivity index (χ2v) is 2.92. The summed E-state index contributed by atoms with van der Waals surface area (Å²) < 4.78 is 38.4. The Kier molecular flexibility index (Phi) is 2.78. The lowest BCUT2D eigenvalue weighted by molar-refractivity contribution is 0.380. The number of hydrogen-bond donors (Lipinski definition) is 0. The van der Waals surface area contributed by atoms with Crippen LogP contribution in [0.25, 0.3) is 0 Å². The highest BCUT2D eigenvalue weighted by atomic mass is 32.2. The van der Waals surface area contributed by atoms with Gasteiger partial charge < -0.3 is 9.29 Å². The summed E-state index contributed by atoms with van der Waals surface area (Å²) in [6.45, 7) is 0. The first kappa shape index (κ1) is 9.15. The first-order valence-corrected chi connectivity index (χ1v) is 4.16. The molecular formula is C7H6FO3S-. The Morgan fingerprint density at radius 1 is 1.58 bits per heavy atom. The molecule has 0 saturated heterocycles. The summed E-state index contributed by atoms with van der Waals surface area (Å²) in [5.41, 5.74) is 0. The topological polar surface area (TPSA) is 49.4 Å². The first-order valence-electron chi connectivity index (χ1n) is 3.08. The Balaban J connectivity index is 3.23. The average molecular weight is 189 g/mol. The predicted molar refractivity (Wildman–Crippen MR) is 40.1 cm³/mol. The van der Waals surface area contributed by atoms with Crippen molar-refractivity contribution in [2.45, 2.75) is 4.90 Å². The summed E-state index contributed by atoms with van der Waals surface area (Å²) in [5, 5.41) is 0. The molecule has 12 heavy (non-hydrogen) atoms. The van der Waals surface area contributed by atoms with Crippen LogP contribution in [0.2, 0.25) is 0 Å². The first-order chi connectivity index (χ1) is 5.66. The molecule has 66 valence electrons. The molecule has 1 aromatic carbocycles. The van der Waals surface area contributed by atoms with Gasteiger partial charge in [-0.15, -0.1) is 0 Å². The third-order valence-corrected chi connectivity index (χ3v) is 2.00. The Hall–Kier alpha value is -0.940. The normalized spacial score (nSPS) is 12.6. The monoisotopic (exact) mass is 189 g/mol. The van der Waals surface area contributed by atoms with Gasteiger partial charge in [-0.1, -0.05) is 6.07 Å². The molecule has 0 radical (unpaired) electrons. The zero-order chi connectivity index (χ0) is 9.14. The van der Waals surface area contributed by atoms with Gasteiger partial charge in [-0.2, -0.15) is 0 Å². The summed E-state index contributed by atoms with van der Waals surface area (Å²) in [6.07, 6.45) is 0. The largest absolute Gasteiger partial charge is 0.768 e. The van der Waals surface area contributed by atoms with Gasteiger partial charge in [0.2, 0.25) is 0 Å². The smallest absolute Gasteiger partial charge is 0.179 e. The van der Waals surface area contributed by atoms with Gasteiger partial charge in [-0.25, -0.2) is 4.39 Å². The minimum atomic E-state index is -2.56. The van der Waals surface area contributed by atoms with Crippen LogP contribution in [-0.4, -0.2) is 15.9 Å². The van der Waals surface area contributed by atoms with Gasteiger partial charge in [0.25, 0.3) is 0 Å². The summed E-state index contributed by atoms with van der Waals surface area (Å²) in [5.74, 6) is -0.926. The lowest BCUT2D eigenvalue weighted by Crippen LogP contribution is -1.96.